The van der Waals surface area contributed by atoms with Crippen LogP contribution in [0.1, 0.15) is 34.1 Å². The lowest BCUT2D eigenvalue weighted by atomic mass is 9.82. The van der Waals surface area contributed by atoms with Crippen molar-refractivity contribution in [2.75, 3.05) is 0 Å². The average Bonchev–Trinajstić information content (AvgIpc) is 1.80. The van der Waals surface area contributed by atoms with Crippen molar-refractivity contribution in [1.82, 2.24) is 0 Å². The van der Waals surface area contributed by atoms with E-state index in [2.05, 4.69) is 6.58 Å². The second-order valence-corrected chi connectivity index (χ2v) is 5.48. The summed E-state index contributed by atoms with van der Waals surface area (Å²) in [7, 11) is 1.50. The van der Waals surface area contributed by atoms with Gasteiger partial charge in [-0.15, -0.1) is 0 Å². The molecule has 0 aliphatic heterocycles. The zero-order valence-corrected chi connectivity index (χ0v) is 10.3. The quantitative estimate of drug-likeness (QED) is 0.498. The van der Waals surface area contributed by atoms with Gasteiger partial charge in [0.25, 0.3) is 5.66 Å². The summed E-state index contributed by atoms with van der Waals surface area (Å²) in [5, 5.41) is 0. The molecule has 0 aromatic rings. The molecule has 1 atom stereocenters. The normalized spacial score (nSPS) is 14.3. The molecule has 0 saturated carbocycles. The van der Waals surface area contributed by atoms with Crippen molar-refractivity contribution >= 4 is 9.24 Å². The highest BCUT2D eigenvalue weighted by Crippen LogP contribution is 2.46. The first-order valence-electron chi connectivity index (χ1n) is 4.42. The van der Waals surface area contributed by atoms with Gasteiger partial charge in [0.05, 0.1) is 0 Å². The van der Waals surface area contributed by atoms with Crippen molar-refractivity contribution in [2.24, 2.45) is 5.41 Å². The van der Waals surface area contributed by atoms with Gasteiger partial charge < -0.3 is 0 Å². The molecule has 0 rings (SSSR count). The molecule has 0 nitrogen and oxygen atoms in total. The zero-order valence-electron chi connectivity index (χ0n) is 9.13. The number of allylic oxidation sites excluding steroid dienone is 1. The molecule has 14 heavy (non-hydrogen) atoms. The summed E-state index contributed by atoms with van der Waals surface area (Å²) in [5.41, 5.74) is -5.61. The Morgan fingerprint density at radius 3 is 1.71 bits per heavy atom. The minimum Gasteiger partial charge on any atom is -0.240 e. The molecular formula is C10H18F3P. The summed E-state index contributed by atoms with van der Waals surface area (Å²) < 4.78 is 39.4. The highest BCUT2D eigenvalue weighted by Gasteiger charge is 2.43. The maximum atomic E-state index is 13.3. The standard InChI is InChI=1S/C10H18F3P/c1-7(9(4,5)11)6-8(2,3)10(12,13)14/h1,6,14H2,2-5H3. The lowest BCUT2D eigenvalue weighted by Crippen LogP contribution is -2.33. The lowest BCUT2D eigenvalue weighted by Gasteiger charge is -2.34. The minimum atomic E-state index is -2.92. The predicted molar refractivity (Wildman–Crippen MR) is 57.4 cm³/mol. The summed E-state index contributed by atoms with van der Waals surface area (Å²) in [4.78, 5) is 0. The molecule has 0 aliphatic carbocycles. The van der Waals surface area contributed by atoms with Crippen LogP contribution in [0, 0.1) is 5.41 Å². The summed E-state index contributed by atoms with van der Waals surface area (Å²) in [6.45, 7) is 8.96. The van der Waals surface area contributed by atoms with E-state index in [0.29, 0.717) is 0 Å². The van der Waals surface area contributed by atoms with Crippen LogP contribution in [0.5, 0.6) is 0 Å². The van der Waals surface area contributed by atoms with Crippen molar-refractivity contribution in [3.63, 3.8) is 0 Å². The van der Waals surface area contributed by atoms with Crippen molar-refractivity contribution < 1.29 is 13.2 Å². The van der Waals surface area contributed by atoms with Gasteiger partial charge in [0.15, 0.2) is 0 Å². The molecule has 0 radical (unpaired) electrons. The maximum Gasteiger partial charge on any atom is 0.264 e. The number of alkyl halides is 3. The Morgan fingerprint density at radius 1 is 1.14 bits per heavy atom. The molecule has 0 aliphatic rings. The smallest absolute Gasteiger partial charge is 0.240 e. The van der Waals surface area contributed by atoms with Gasteiger partial charge in [0.2, 0.25) is 0 Å². The second-order valence-electron chi connectivity index (χ2n) is 4.76. The van der Waals surface area contributed by atoms with Crippen LogP contribution in [-0.4, -0.2) is 11.3 Å². The van der Waals surface area contributed by atoms with Gasteiger partial charge in [0, 0.05) is 5.41 Å². The third-order valence-electron chi connectivity index (χ3n) is 2.40. The predicted octanol–water partition coefficient (Wildman–Crippen LogP) is 4.17. The van der Waals surface area contributed by atoms with Gasteiger partial charge in [0.1, 0.15) is 5.67 Å². The number of hydrogen-bond acceptors (Lipinski definition) is 0. The van der Waals surface area contributed by atoms with Crippen LogP contribution in [0.25, 0.3) is 0 Å². The Bertz CT molecular complexity index is 221. The van der Waals surface area contributed by atoms with Gasteiger partial charge in [-0.2, -0.15) is 0 Å². The Balaban J connectivity index is 4.62. The second kappa shape index (κ2) is 3.84. The maximum absolute atomic E-state index is 13.3. The fourth-order valence-electron chi connectivity index (χ4n) is 0.862. The van der Waals surface area contributed by atoms with Gasteiger partial charge >= 0.3 is 0 Å². The van der Waals surface area contributed by atoms with Crippen LogP contribution in [-0.2, 0) is 0 Å². The molecular weight excluding hydrogens is 208 g/mol. The molecule has 84 valence electrons. The van der Waals surface area contributed by atoms with Gasteiger partial charge in [-0.05, 0) is 25.8 Å². The fourth-order valence-corrected chi connectivity index (χ4v) is 0.964. The molecule has 0 amide bonds. The van der Waals surface area contributed by atoms with Gasteiger partial charge in [-0.3, -0.25) is 0 Å². The summed E-state index contributed by atoms with van der Waals surface area (Å²) in [6.07, 6.45) is -0.0347. The monoisotopic (exact) mass is 226 g/mol. The van der Waals surface area contributed by atoms with Crippen LogP contribution in [0.4, 0.5) is 13.2 Å². The van der Waals surface area contributed by atoms with E-state index < -0.39 is 16.7 Å². The first-order chi connectivity index (χ1) is 5.88. The van der Waals surface area contributed by atoms with E-state index >= 15 is 0 Å². The van der Waals surface area contributed by atoms with Crippen molar-refractivity contribution in [1.29, 1.82) is 0 Å². The molecule has 4 heteroatoms. The summed E-state index contributed by atoms with van der Waals surface area (Å²) in [6, 6.07) is 0. The van der Waals surface area contributed by atoms with E-state index in [1.165, 1.54) is 36.9 Å². The highest BCUT2D eigenvalue weighted by molar-refractivity contribution is 7.18. The van der Waals surface area contributed by atoms with E-state index in [4.69, 9.17) is 0 Å². The van der Waals surface area contributed by atoms with Gasteiger partial charge in [-0.1, -0.05) is 29.7 Å². The first-order valence-corrected chi connectivity index (χ1v) is 4.99. The summed E-state index contributed by atoms with van der Waals surface area (Å²) in [5.74, 6) is 0. The van der Waals surface area contributed by atoms with Crippen molar-refractivity contribution in [2.45, 2.75) is 45.4 Å². The number of halogens is 3. The summed E-state index contributed by atoms with van der Waals surface area (Å²) >= 11 is 0. The molecule has 0 aromatic heterocycles. The Hall–Kier alpha value is -0.0400. The van der Waals surface area contributed by atoms with E-state index in [-0.39, 0.29) is 12.0 Å². The van der Waals surface area contributed by atoms with Gasteiger partial charge in [-0.25, -0.2) is 13.2 Å². The van der Waals surface area contributed by atoms with Crippen LogP contribution in [0.3, 0.4) is 0 Å². The molecule has 0 heterocycles. The molecule has 1 unspecified atom stereocenters. The van der Waals surface area contributed by atoms with Crippen LogP contribution >= 0.6 is 9.24 Å². The molecule has 0 N–H and O–H groups in total. The van der Waals surface area contributed by atoms with E-state index in [1.54, 1.807) is 0 Å². The molecule has 0 aromatic carbocycles. The number of hydrogen-bond donors (Lipinski definition) is 0. The van der Waals surface area contributed by atoms with E-state index in [1.807, 2.05) is 0 Å². The molecule has 0 bridgehead atoms. The third kappa shape index (κ3) is 3.61. The highest BCUT2D eigenvalue weighted by atomic mass is 31.0. The first kappa shape index (κ1) is 14.0. The SMILES string of the molecule is C=C(CC(C)(C)C(F)(F)P)C(C)(C)F. The van der Waals surface area contributed by atoms with E-state index in [0.717, 1.165) is 0 Å². The molecule has 0 fully saturated rings. The minimum absolute atomic E-state index is 0.0347. The Morgan fingerprint density at radius 2 is 1.50 bits per heavy atom. The van der Waals surface area contributed by atoms with Crippen LogP contribution in [0.15, 0.2) is 12.2 Å². The Labute approximate surface area is 86.2 Å². The van der Waals surface area contributed by atoms with Crippen molar-refractivity contribution in [3.8, 4) is 0 Å². The van der Waals surface area contributed by atoms with Crippen LogP contribution < -0.4 is 0 Å². The average molecular weight is 226 g/mol. The fraction of sp³-hybridized carbons (Fsp3) is 0.800. The topological polar surface area (TPSA) is 0 Å². The molecule has 0 spiro atoms. The zero-order chi connectivity index (χ0) is 11.8. The molecule has 0 saturated heterocycles. The lowest BCUT2D eigenvalue weighted by molar-refractivity contribution is -0.0209. The van der Waals surface area contributed by atoms with Crippen LogP contribution in [0.2, 0.25) is 0 Å². The largest absolute Gasteiger partial charge is 0.264 e. The van der Waals surface area contributed by atoms with E-state index in [9.17, 15) is 13.2 Å². The number of rotatable bonds is 4. The third-order valence-corrected chi connectivity index (χ3v) is 3.18. The van der Waals surface area contributed by atoms with Crippen molar-refractivity contribution in [3.05, 3.63) is 12.2 Å². The Kier molecular flexibility index (Phi) is 3.83.